The van der Waals surface area contributed by atoms with Crippen LogP contribution in [-0.4, -0.2) is 6.61 Å². The summed E-state index contributed by atoms with van der Waals surface area (Å²) < 4.78 is 11.5. The number of rotatable bonds is 3. The predicted molar refractivity (Wildman–Crippen MR) is 78.9 cm³/mol. The minimum absolute atomic E-state index is 0.0350. The minimum atomic E-state index is 0.0350. The summed E-state index contributed by atoms with van der Waals surface area (Å²) in [4.78, 5) is 0. The minimum Gasteiger partial charge on any atom is -0.493 e. The Hall–Kier alpha value is -2.00. The van der Waals surface area contributed by atoms with Crippen molar-refractivity contribution in [1.29, 1.82) is 0 Å². The van der Waals surface area contributed by atoms with Gasteiger partial charge in [-0.1, -0.05) is 30.3 Å². The summed E-state index contributed by atoms with van der Waals surface area (Å²) in [6.07, 6.45) is 1.95. The highest BCUT2D eigenvalue weighted by Gasteiger charge is 2.17. The zero-order valence-corrected chi connectivity index (χ0v) is 11.4. The third-order valence-electron chi connectivity index (χ3n) is 3.55. The number of nitrogens with two attached hydrogens (primary N) is 1. The van der Waals surface area contributed by atoms with Gasteiger partial charge in [0.25, 0.3) is 0 Å². The van der Waals surface area contributed by atoms with Crippen molar-refractivity contribution >= 4 is 0 Å². The van der Waals surface area contributed by atoms with Gasteiger partial charge in [-0.05, 0) is 36.6 Å². The van der Waals surface area contributed by atoms with Crippen molar-refractivity contribution in [2.75, 3.05) is 6.61 Å². The van der Waals surface area contributed by atoms with Crippen molar-refractivity contribution in [2.45, 2.75) is 25.5 Å². The van der Waals surface area contributed by atoms with E-state index in [9.17, 15) is 0 Å². The summed E-state index contributed by atoms with van der Waals surface area (Å²) >= 11 is 0. The van der Waals surface area contributed by atoms with E-state index in [0.29, 0.717) is 6.61 Å². The van der Waals surface area contributed by atoms with Crippen LogP contribution in [0.2, 0.25) is 0 Å². The largest absolute Gasteiger partial charge is 0.493 e. The molecule has 1 heterocycles. The summed E-state index contributed by atoms with van der Waals surface area (Å²) in [5.74, 6) is 1.73. The van der Waals surface area contributed by atoms with Gasteiger partial charge in [0.05, 0.1) is 6.61 Å². The van der Waals surface area contributed by atoms with Gasteiger partial charge in [-0.2, -0.15) is 0 Å². The van der Waals surface area contributed by atoms with Gasteiger partial charge in [0.1, 0.15) is 18.1 Å². The third-order valence-corrected chi connectivity index (χ3v) is 3.55. The second-order valence-electron chi connectivity index (χ2n) is 5.07. The van der Waals surface area contributed by atoms with Crippen LogP contribution in [-0.2, 0) is 6.61 Å². The highest BCUT2D eigenvalue weighted by molar-refractivity contribution is 5.42. The molecule has 1 atom stereocenters. The lowest BCUT2D eigenvalue weighted by molar-refractivity contribution is 0.302. The van der Waals surface area contributed by atoms with Gasteiger partial charge in [0.2, 0.25) is 0 Å². The smallest absolute Gasteiger partial charge is 0.124 e. The first kappa shape index (κ1) is 13.0. The molecule has 0 amide bonds. The summed E-state index contributed by atoms with van der Waals surface area (Å²) in [5.41, 5.74) is 8.39. The van der Waals surface area contributed by atoms with Gasteiger partial charge in [0, 0.05) is 11.6 Å². The molecular weight excluding hydrogens is 250 g/mol. The molecule has 104 valence electrons. The van der Waals surface area contributed by atoms with Crippen LogP contribution in [0.3, 0.4) is 0 Å². The van der Waals surface area contributed by atoms with E-state index in [-0.39, 0.29) is 6.04 Å². The molecule has 1 aliphatic rings. The lowest BCUT2D eigenvalue weighted by Crippen LogP contribution is -2.09. The molecule has 0 aliphatic carbocycles. The van der Waals surface area contributed by atoms with Crippen LogP contribution in [0.25, 0.3) is 0 Å². The molecule has 0 aromatic heterocycles. The van der Waals surface area contributed by atoms with Gasteiger partial charge >= 0.3 is 0 Å². The number of fused-ring (bicyclic) bond motifs is 1. The zero-order chi connectivity index (χ0) is 13.8. The Morgan fingerprint density at radius 3 is 2.85 bits per heavy atom. The molecule has 0 saturated carbocycles. The van der Waals surface area contributed by atoms with E-state index in [0.717, 1.165) is 42.1 Å². The van der Waals surface area contributed by atoms with Crippen LogP contribution >= 0.6 is 0 Å². The molecule has 0 saturated heterocycles. The summed E-state index contributed by atoms with van der Waals surface area (Å²) in [7, 11) is 0. The van der Waals surface area contributed by atoms with Crippen molar-refractivity contribution in [3.8, 4) is 11.5 Å². The second-order valence-corrected chi connectivity index (χ2v) is 5.07. The maximum absolute atomic E-state index is 6.19. The topological polar surface area (TPSA) is 44.5 Å². The Bertz CT molecular complexity index is 568. The second kappa shape index (κ2) is 5.97. The lowest BCUT2D eigenvalue weighted by Gasteiger charge is -2.14. The molecule has 0 bridgehead atoms. The maximum Gasteiger partial charge on any atom is 0.124 e. The third kappa shape index (κ3) is 2.94. The number of hydrogen-bond acceptors (Lipinski definition) is 3. The molecule has 2 aromatic carbocycles. The van der Waals surface area contributed by atoms with Crippen molar-refractivity contribution in [1.82, 2.24) is 0 Å². The first-order valence-corrected chi connectivity index (χ1v) is 7.02. The molecule has 1 aliphatic heterocycles. The Morgan fingerprint density at radius 2 is 2.00 bits per heavy atom. The normalized spacial score (nSPS) is 17.8. The van der Waals surface area contributed by atoms with Crippen LogP contribution < -0.4 is 15.2 Å². The average Bonchev–Trinajstić information content (AvgIpc) is 2.68. The highest BCUT2D eigenvalue weighted by atomic mass is 16.5. The van der Waals surface area contributed by atoms with Crippen LogP contribution in [0.4, 0.5) is 0 Å². The number of hydrogen-bond donors (Lipinski definition) is 1. The van der Waals surface area contributed by atoms with E-state index < -0.39 is 0 Å². The van der Waals surface area contributed by atoms with Crippen LogP contribution in [0.1, 0.15) is 30.0 Å². The van der Waals surface area contributed by atoms with E-state index in [1.807, 2.05) is 36.4 Å². The summed E-state index contributed by atoms with van der Waals surface area (Å²) in [5, 5.41) is 0. The molecule has 0 unspecified atom stereocenters. The van der Waals surface area contributed by atoms with Gasteiger partial charge in [-0.3, -0.25) is 0 Å². The predicted octanol–water partition coefficient (Wildman–Crippen LogP) is 3.44. The van der Waals surface area contributed by atoms with E-state index in [1.54, 1.807) is 0 Å². The highest BCUT2D eigenvalue weighted by Crippen LogP contribution is 2.33. The quantitative estimate of drug-likeness (QED) is 0.928. The zero-order valence-electron chi connectivity index (χ0n) is 11.4. The molecule has 0 radical (unpaired) electrons. The first-order chi connectivity index (χ1) is 9.83. The van der Waals surface area contributed by atoms with Gasteiger partial charge < -0.3 is 15.2 Å². The molecule has 0 spiro atoms. The Labute approximate surface area is 119 Å². The Balaban J connectivity index is 1.75. The monoisotopic (exact) mass is 269 g/mol. The van der Waals surface area contributed by atoms with Crippen molar-refractivity contribution in [3.05, 3.63) is 59.7 Å². The Morgan fingerprint density at radius 1 is 1.15 bits per heavy atom. The molecule has 20 heavy (non-hydrogen) atoms. The number of benzene rings is 2. The lowest BCUT2D eigenvalue weighted by atomic mass is 10.0. The fraction of sp³-hybridized carbons (Fsp3) is 0.294. The number of ether oxygens (including phenoxy) is 2. The molecule has 2 aromatic rings. The van der Waals surface area contributed by atoms with Crippen LogP contribution in [0.5, 0.6) is 11.5 Å². The van der Waals surface area contributed by atoms with E-state index in [4.69, 9.17) is 15.2 Å². The Kier molecular flexibility index (Phi) is 3.88. The molecular formula is C17H19NO2. The van der Waals surface area contributed by atoms with Gasteiger partial charge in [0.15, 0.2) is 0 Å². The standard InChI is InChI=1S/C17H19NO2/c18-16-7-4-10-19-17-9-8-14(11-15(16)17)20-12-13-5-2-1-3-6-13/h1-3,5-6,8-9,11,16H,4,7,10,12,18H2/t16-/m1/s1. The van der Waals surface area contributed by atoms with E-state index in [1.165, 1.54) is 0 Å². The van der Waals surface area contributed by atoms with Crippen LogP contribution in [0, 0.1) is 0 Å². The SMILES string of the molecule is N[C@@H]1CCCOc2ccc(OCc3ccccc3)cc21. The first-order valence-electron chi connectivity index (χ1n) is 7.02. The van der Waals surface area contributed by atoms with E-state index in [2.05, 4.69) is 12.1 Å². The summed E-state index contributed by atoms with van der Waals surface area (Å²) in [6, 6.07) is 16.1. The fourth-order valence-electron chi connectivity index (χ4n) is 2.42. The molecule has 3 heteroatoms. The van der Waals surface area contributed by atoms with Crippen molar-refractivity contribution < 1.29 is 9.47 Å². The molecule has 0 fully saturated rings. The molecule has 2 N–H and O–H groups in total. The van der Waals surface area contributed by atoms with Crippen LogP contribution in [0.15, 0.2) is 48.5 Å². The van der Waals surface area contributed by atoms with Gasteiger partial charge in [-0.15, -0.1) is 0 Å². The summed E-state index contributed by atoms with van der Waals surface area (Å²) in [6.45, 7) is 1.31. The van der Waals surface area contributed by atoms with Gasteiger partial charge in [-0.25, -0.2) is 0 Å². The van der Waals surface area contributed by atoms with Crippen molar-refractivity contribution in [2.24, 2.45) is 5.73 Å². The fourth-order valence-corrected chi connectivity index (χ4v) is 2.42. The molecule has 3 rings (SSSR count). The molecule has 3 nitrogen and oxygen atoms in total. The average molecular weight is 269 g/mol. The van der Waals surface area contributed by atoms with Crippen molar-refractivity contribution in [3.63, 3.8) is 0 Å². The van der Waals surface area contributed by atoms with E-state index >= 15 is 0 Å². The maximum atomic E-state index is 6.19.